The van der Waals surface area contributed by atoms with Gasteiger partial charge in [-0.25, -0.2) is 9.78 Å². The number of hydrogen-bond donors (Lipinski definition) is 0. The van der Waals surface area contributed by atoms with Gasteiger partial charge in [0.25, 0.3) is 0 Å². The van der Waals surface area contributed by atoms with Crippen LogP contribution in [0.5, 0.6) is 0 Å². The van der Waals surface area contributed by atoms with Gasteiger partial charge in [-0.05, 0) is 40.0 Å². The van der Waals surface area contributed by atoms with Crippen LogP contribution < -0.4 is 0 Å². The lowest BCUT2D eigenvalue weighted by Crippen LogP contribution is -2.41. The van der Waals surface area contributed by atoms with Crippen molar-refractivity contribution in [2.24, 2.45) is 0 Å². The molecule has 1 fully saturated rings. The molecular formula is C16H25N3O2. The average Bonchev–Trinajstić information content (AvgIpc) is 3.17. The molecule has 1 aromatic heterocycles. The molecule has 21 heavy (non-hydrogen) atoms. The summed E-state index contributed by atoms with van der Waals surface area (Å²) in [5.74, 6) is 1.89. The first-order chi connectivity index (χ1) is 9.89. The molecule has 2 heterocycles. The summed E-state index contributed by atoms with van der Waals surface area (Å²) in [4.78, 5) is 18.9. The Morgan fingerprint density at radius 2 is 2.05 bits per heavy atom. The van der Waals surface area contributed by atoms with Crippen molar-refractivity contribution in [2.75, 3.05) is 6.54 Å². The molecule has 0 unspecified atom stereocenters. The fourth-order valence-electron chi connectivity index (χ4n) is 2.88. The Morgan fingerprint density at radius 1 is 1.33 bits per heavy atom. The smallest absolute Gasteiger partial charge is 0.410 e. The first-order valence-electron chi connectivity index (χ1n) is 7.95. The molecule has 0 spiro atoms. The normalized spacial score (nSPS) is 18.6. The van der Waals surface area contributed by atoms with Crippen molar-refractivity contribution in [1.29, 1.82) is 0 Å². The molecule has 1 amide bonds. The van der Waals surface area contributed by atoms with Crippen LogP contribution in [0.2, 0.25) is 0 Å². The summed E-state index contributed by atoms with van der Waals surface area (Å²) in [6.45, 7) is 10.0. The lowest BCUT2D eigenvalue weighted by molar-refractivity contribution is 0.0197. The van der Waals surface area contributed by atoms with Crippen molar-refractivity contribution in [3.63, 3.8) is 0 Å². The van der Waals surface area contributed by atoms with E-state index in [4.69, 9.17) is 9.72 Å². The number of nitrogens with zero attached hydrogens (tertiary/aromatic N) is 3. The molecule has 0 saturated heterocycles. The topological polar surface area (TPSA) is 47.4 Å². The number of imidazole rings is 1. The number of rotatable bonds is 2. The van der Waals surface area contributed by atoms with Crippen molar-refractivity contribution < 1.29 is 9.53 Å². The van der Waals surface area contributed by atoms with Crippen LogP contribution in [0.25, 0.3) is 0 Å². The van der Waals surface area contributed by atoms with Gasteiger partial charge < -0.3 is 14.2 Å². The molecule has 5 heteroatoms. The lowest BCUT2D eigenvalue weighted by Gasteiger charge is -2.31. The Balaban J connectivity index is 1.80. The Bertz CT molecular complexity index is 553. The second kappa shape index (κ2) is 5.04. The summed E-state index contributed by atoms with van der Waals surface area (Å²) in [5.41, 5.74) is 1.91. The zero-order chi connectivity index (χ0) is 15.2. The third kappa shape index (κ3) is 2.92. The van der Waals surface area contributed by atoms with Crippen LogP contribution in [0.15, 0.2) is 0 Å². The van der Waals surface area contributed by atoms with Gasteiger partial charge in [-0.2, -0.15) is 0 Å². The molecule has 0 radical (unpaired) electrons. The number of aromatic nitrogens is 2. The van der Waals surface area contributed by atoms with Crippen LogP contribution in [0.1, 0.15) is 63.7 Å². The molecular weight excluding hydrogens is 266 g/mol. The molecule has 116 valence electrons. The summed E-state index contributed by atoms with van der Waals surface area (Å²) in [5, 5.41) is 0. The summed E-state index contributed by atoms with van der Waals surface area (Å²) >= 11 is 0. The molecule has 0 bridgehead atoms. The van der Waals surface area contributed by atoms with E-state index in [1.54, 1.807) is 4.90 Å². The molecule has 0 aromatic carbocycles. The number of amides is 1. The monoisotopic (exact) mass is 291 g/mol. The van der Waals surface area contributed by atoms with Crippen LogP contribution in [-0.2, 0) is 24.2 Å². The molecule has 1 saturated carbocycles. The van der Waals surface area contributed by atoms with Gasteiger partial charge in [0, 0.05) is 19.0 Å². The summed E-state index contributed by atoms with van der Waals surface area (Å²) in [6, 6.07) is 0. The van der Waals surface area contributed by atoms with E-state index in [1.165, 1.54) is 24.4 Å². The van der Waals surface area contributed by atoms with Gasteiger partial charge >= 0.3 is 6.09 Å². The van der Waals surface area contributed by atoms with E-state index in [9.17, 15) is 4.79 Å². The van der Waals surface area contributed by atoms with Gasteiger partial charge in [0.15, 0.2) is 0 Å². The standard InChI is InChI=1S/C16H25N3O2/c1-5-12-13-10-18(15(20)21-16(2,3)4)8-9-19(13)14(17-12)11-6-7-11/h11H,5-10H2,1-4H3. The minimum atomic E-state index is -0.443. The lowest BCUT2D eigenvalue weighted by atomic mass is 10.2. The molecule has 1 aliphatic carbocycles. The minimum absolute atomic E-state index is 0.218. The zero-order valence-electron chi connectivity index (χ0n) is 13.5. The number of ether oxygens (including phenoxy) is 1. The summed E-state index contributed by atoms with van der Waals surface area (Å²) in [7, 11) is 0. The largest absolute Gasteiger partial charge is 0.444 e. The number of fused-ring (bicyclic) bond motifs is 1. The van der Waals surface area contributed by atoms with Gasteiger partial charge in [0.1, 0.15) is 11.4 Å². The van der Waals surface area contributed by atoms with Crippen molar-refractivity contribution in [3.05, 3.63) is 17.2 Å². The fourth-order valence-corrected chi connectivity index (χ4v) is 2.88. The average molecular weight is 291 g/mol. The number of hydrogen-bond acceptors (Lipinski definition) is 3. The second-order valence-electron chi connectivity index (χ2n) is 7.04. The fraction of sp³-hybridized carbons (Fsp3) is 0.750. The highest BCUT2D eigenvalue weighted by molar-refractivity contribution is 5.68. The van der Waals surface area contributed by atoms with Crippen LogP contribution >= 0.6 is 0 Å². The molecule has 1 aromatic rings. The van der Waals surface area contributed by atoms with E-state index in [-0.39, 0.29) is 6.09 Å². The number of aryl methyl sites for hydroxylation is 1. The van der Waals surface area contributed by atoms with E-state index in [1.807, 2.05) is 20.8 Å². The van der Waals surface area contributed by atoms with Gasteiger partial charge in [0.05, 0.1) is 17.9 Å². The van der Waals surface area contributed by atoms with Gasteiger partial charge in [-0.1, -0.05) is 6.92 Å². The Hall–Kier alpha value is -1.52. The maximum Gasteiger partial charge on any atom is 0.410 e. The Kier molecular flexibility index (Phi) is 3.46. The van der Waals surface area contributed by atoms with E-state index < -0.39 is 5.60 Å². The van der Waals surface area contributed by atoms with Gasteiger partial charge in [0.2, 0.25) is 0 Å². The summed E-state index contributed by atoms with van der Waals surface area (Å²) < 4.78 is 7.83. The van der Waals surface area contributed by atoms with Crippen molar-refractivity contribution in [2.45, 2.75) is 71.6 Å². The predicted molar refractivity (Wildman–Crippen MR) is 80.2 cm³/mol. The maximum absolute atomic E-state index is 12.3. The van der Waals surface area contributed by atoms with E-state index in [0.717, 1.165) is 18.7 Å². The van der Waals surface area contributed by atoms with E-state index in [2.05, 4.69) is 11.5 Å². The highest BCUT2D eigenvalue weighted by Gasteiger charge is 2.34. The van der Waals surface area contributed by atoms with Crippen molar-refractivity contribution in [1.82, 2.24) is 14.5 Å². The molecule has 0 N–H and O–H groups in total. The van der Waals surface area contributed by atoms with Gasteiger partial charge in [-0.3, -0.25) is 0 Å². The van der Waals surface area contributed by atoms with Crippen LogP contribution in [0, 0.1) is 0 Å². The Labute approximate surface area is 126 Å². The van der Waals surface area contributed by atoms with Crippen LogP contribution in [-0.4, -0.2) is 32.7 Å². The molecule has 5 nitrogen and oxygen atoms in total. The Morgan fingerprint density at radius 3 is 2.62 bits per heavy atom. The number of carbonyl (C=O) groups excluding carboxylic acids is 1. The zero-order valence-corrected chi connectivity index (χ0v) is 13.5. The highest BCUT2D eigenvalue weighted by Crippen LogP contribution is 2.41. The molecule has 1 aliphatic heterocycles. The van der Waals surface area contributed by atoms with Crippen LogP contribution in [0.3, 0.4) is 0 Å². The highest BCUT2D eigenvalue weighted by atomic mass is 16.6. The van der Waals surface area contributed by atoms with E-state index in [0.29, 0.717) is 19.0 Å². The first kappa shape index (κ1) is 14.4. The van der Waals surface area contributed by atoms with Gasteiger partial charge in [-0.15, -0.1) is 0 Å². The second-order valence-corrected chi connectivity index (χ2v) is 7.04. The number of carbonyl (C=O) groups is 1. The molecule has 3 rings (SSSR count). The quantitative estimate of drug-likeness (QED) is 0.841. The molecule has 2 aliphatic rings. The van der Waals surface area contributed by atoms with Crippen molar-refractivity contribution >= 4 is 6.09 Å². The predicted octanol–water partition coefficient (Wildman–Crippen LogP) is 3.07. The third-order valence-electron chi connectivity index (χ3n) is 4.05. The summed E-state index contributed by atoms with van der Waals surface area (Å²) in [6.07, 6.45) is 3.22. The maximum atomic E-state index is 12.3. The van der Waals surface area contributed by atoms with Crippen molar-refractivity contribution in [3.8, 4) is 0 Å². The minimum Gasteiger partial charge on any atom is -0.444 e. The third-order valence-corrected chi connectivity index (χ3v) is 4.05. The SMILES string of the molecule is CCc1nc(C2CC2)n2c1CN(C(=O)OC(C)(C)C)CC2. The molecule has 0 atom stereocenters. The van der Waals surface area contributed by atoms with E-state index >= 15 is 0 Å². The van der Waals surface area contributed by atoms with Crippen LogP contribution in [0.4, 0.5) is 4.79 Å². The first-order valence-corrected chi connectivity index (χ1v) is 7.95.